The first-order valence-electron chi connectivity index (χ1n) is 10.7. The second-order valence-corrected chi connectivity index (χ2v) is 8.53. The Balaban J connectivity index is 1.58. The number of rotatable bonds is 4. The van der Waals surface area contributed by atoms with Crippen molar-refractivity contribution in [3.05, 3.63) is 60.0 Å². The number of hydrogen-bond donors (Lipinski definition) is 0. The monoisotopic (exact) mass is 400 g/mol. The van der Waals surface area contributed by atoms with Crippen molar-refractivity contribution in [2.24, 2.45) is 7.05 Å². The van der Waals surface area contributed by atoms with Gasteiger partial charge in [-0.1, -0.05) is 12.1 Å². The third-order valence-electron chi connectivity index (χ3n) is 6.28. The van der Waals surface area contributed by atoms with Crippen LogP contribution < -0.4 is 4.90 Å². The molecule has 0 spiro atoms. The first kappa shape index (κ1) is 18.9. The summed E-state index contributed by atoms with van der Waals surface area (Å²) in [6, 6.07) is 13.7. The molecule has 0 saturated carbocycles. The molecule has 6 nitrogen and oxygen atoms in total. The molecule has 1 fully saturated rings. The van der Waals surface area contributed by atoms with Crippen molar-refractivity contribution < 1.29 is 0 Å². The summed E-state index contributed by atoms with van der Waals surface area (Å²) in [5.74, 6) is 1.99. The van der Waals surface area contributed by atoms with Gasteiger partial charge >= 0.3 is 0 Å². The zero-order chi connectivity index (χ0) is 20.8. The van der Waals surface area contributed by atoms with Crippen molar-refractivity contribution in [3.8, 4) is 11.4 Å². The van der Waals surface area contributed by atoms with Crippen LogP contribution in [0.3, 0.4) is 0 Å². The number of para-hydroxylation sites is 1. The summed E-state index contributed by atoms with van der Waals surface area (Å²) >= 11 is 0. The Labute approximate surface area is 177 Å². The highest BCUT2D eigenvalue weighted by Gasteiger charge is 2.28. The number of benzene rings is 1. The molecule has 0 N–H and O–H groups in total. The van der Waals surface area contributed by atoms with Crippen LogP contribution in [0.1, 0.15) is 37.9 Å². The van der Waals surface area contributed by atoms with Crippen molar-refractivity contribution in [1.82, 2.24) is 24.3 Å². The molecule has 1 aromatic carbocycles. The topological polar surface area (TPSA) is 51.8 Å². The van der Waals surface area contributed by atoms with E-state index in [1.54, 1.807) is 0 Å². The second kappa shape index (κ2) is 7.27. The Bertz CT molecular complexity index is 1180. The lowest BCUT2D eigenvalue weighted by atomic mass is 10.2. The fourth-order valence-corrected chi connectivity index (χ4v) is 4.77. The van der Waals surface area contributed by atoms with E-state index >= 15 is 0 Å². The van der Waals surface area contributed by atoms with Crippen LogP contribution in [0, 0.1) is 6.92 Å². The summed E-state index contributed by atoms with van der Waals surface area (Å²) in [5, 5.41) is 4.59. The van der Waals surface area contributed by atoms with Gasteiger partial charge in [0.1, 0.15) is 11.6 Å². The molecular weight excluding hydrogens is 372 g/mol. The van der Waals surface area contributed by atoms with Gasteiger partial charge in [0, 0.05) is 37.1 Å². The molecule has 0 radical (unpaired) electrons. The Morgan fingerprint density at radius 3 is 2.50 bits per heavy atom. The quantitative estimate of drug-likeness (QED) is 0.504. The van der Waals surface area contributed by atoms with Crippen LogP contribution in [0.5, 0.6) is 0 Å². The van der Waals surface area contributed by atoms with Gasteiger partial charge in [0.2, 0.25) is 0 Å². The lowest BCUT2D eigenvalue weighted by Crippen LogP contribution is -2.33. The van der Waals surface area contributed by atoms with Gasteiger partial charge in [-0.2, -0.15) is 5.10 Å². The van der Waals surface area contributed by atoms with Crippen LogP contribution in [0.4, 0.5) is 5.82 Å². The number of nitrogens with zero attached hydrogens (tertiary/aromatic N) is 6. The molecule has 1 aliphatic heterocycles. The Hall–Kier alpha value is -3.15. The molecule has 0 amide bonds. The van der Waals surface area contributed by atoms with E-state index in [9.17, 15) is 0 Å². The lowest BCUT2D eigenvalue weighted by Gasteiger charge is -2.27. The first-order valence-corrected chi connectivity index (χ1v) is 10.7. The van der Waals surface area contributed by atoms with Crippen LogP contribution in [0.25, 0.3) is 22.4 Å². The largest absolute Gasteiger partial charge is 0.351 e. The van der Waals surface area contributed by atoms with Gasteiger partial charge < -0.3 is 9.47 Å². The molecule has 0 bridgehead atoms. The van der Waals surface area contributed by atoms with Crippen LogP contribution in [0.2, 0.25) is 0 Å². The lowest BCUT2D eigenvalue weighted by molar-refractivity contribution is 0.683. The molecule has 5 rings (SSSR count). The average molecular weight is 401 g/mol. The van der Waals surface area contributed by atoms with Gasteiger partial charge in [0.15, 0.2) is 0 Å². The minimum Gasteiger partial charge on any atom is -0.351 e. The minimum absolute atomic E-state index is 0.537. The van der Waals surface area contributed by atoms with Crippen molar-refractivity contribution in [2.75, 3.05) is 4.90 Å². The fourth-order valence-electron chi connectivity index (χ4n) is 4.77. The molecule has 154 valence electrons. The highest BCUT2D eigenvalue weighted by molar-refractivity contribution is 5.83. The smallest absolute Gasteiger partial charge is 0.143 e. The molecule has 6 heteroatoms. The molecule has 30 heavy (non-hydrogen) atoms. The number of aryl methyl sites for hydroxylation is 2. The molecule has 4 heterocycles. The number of aromatic nitrogens is 5. The summed E-state index contributed by atoms with van der Waals surface area (Å²) in [7, 11) is 1.95. The number of imidazole rings is 1. The van der Waals surface area contributed by atoms with E-state index in [-0.39, 0.29) is 0 Å². The van der Waals surface area contributed by atoms with Crippen LogP contribution >= 0.6 is 0 Å². The van der Waals surface area contributed by atoms with E-state index in [2.05, 4.69) is 71.7 Å². The van der Waals surface area contributed by atoms with Crippen molar-refractivity contribution in [1.29, 1.82) is 0 Å². The molecule has 2 atom stereocenters. The Kier molecular flexibility index (Phi) is 4.57. The highest BCUT2D eigenvalue weighted by Crippen LogP contribution is 2.31. The van der Waals surface area contributed by atoms with Crippen LogP contribution in [0.15, 0.2) is 48.8 Å². The summed E-state index contributed by atoms with van der Waals surface area (Å²) in [5.41, 5.74) is 5.43. The standard InChI is InChI=1S/C24H28N6/c1-16-6-5-7-21-23(16)29(15-20-12-13-28(4)27-20)24(26-21)19-10-11-22(25-14-19)30-17(2)8-9-18(30)3/h5-7,10-14,17-18H,8-9,15H2,1-4H3/t17-,18-/m0/s1. The molecular formula is C24H28N6. The maximum absolute atomic E-state index is 4.98. The maximum atomic E-state index is 4.98. The number of pyridine rings is 1. The molecule has 0 aliphatic carbocycles. The van der Waals surface area contributed by atoms with E-state index in [1.165, 1.54) is 18.4 Å². The number of fused-ring (bicyclic) bond motifs is 1. The number of hydrogen-bond acceptors (Lipinski definition) is 4. The van der Waals surface area contributed by atoms with E-state index in [1.807, 2.05) is 24.1 Å². The van der Waals surface area contributed by atoms with Crippen LogP contribution in [-0.4, -0.2) is 36.4 Å². The van der Waals surface area contributed by atoms with Gasteiger partial charge in [-0.25, -0.2) is 9.97 Å². The Morgan fingerprint density at radius 1 is 1.03 bits per heavy atom. The third-order valence-corrected chi connectivity index (χ3v) is 6.28. The zero-order valence-corrected chi connectivity index (χ0v) is 18.1. The van der Waals surface area contributed by atoms with Crippen molar-refractivity contribution >= 4 is 16.9 Å². The van der Waals surface area contributed by atoms with Gasteiger partial charge in [-0.15, -0.1) is 0 Å². The number of anilines is 1. The van der Waals surface area contributed by atoms with E-state index < -0.39 is 0 Å². The van der Waals surface area contributed by atoms with Gasteiger partial charge in [0.25, 0.3) is 0 Å². The van der Waals surface area contributed by atoms with E-state index in [0.717, 1.165) is 33.9 Å². The normalized spacial score (nSPS) is 19.1. The highest BCUT2D eigenvalue weighted by atomic mass is 15.3. The van der Waals surface area contributed by atoms with Crippen molar-refractivity contribution in [3.63, 3.8) is 0 Å². The van der Waals surface area contributed by atoms with Crippen LogP contribution in [-0.2, 0) is 13.6 Å². The van der Waals surface area contributed by atoms with Gasteiger partial charge in [-0.05, 0) is 63.4 Å². The first-order chi connectivity index (χ1) is 14.5. The van der Waals surface area contributed by atoms with E-state index in [4.69, 9.17) is 9.97 Å². The summed E-state index contributed by atoms with van der Waals surface area (Å²) < 4.78 is 4.11. The summed E-state index contributed by atoms with van der Waals surface area (Å²) in [6.07, 6.45) is 6.40. The molecule has 1 saturated heterocycles. The molecule has 3 aromatic heterocycles. The maximum Gasteiger partial charge on any atom is 0.143 e. The molecule has 4 aromatic rings. The van der Waals surface area contributed by atoms with Crippen molar-refractivity contribution in [2.45, 2.75) is 52.2 Å². The van der Waals surface area contributed by atoms with E-state index in [0.29, 0.717) is 18.6 Å². The average Bonchev–Trinajstić information content (AvgIpc) is 3.41. The predicted molar refractivity (Wildman–Crippen MR) is 121 cm³/mol. The molecule has 1 aliphatic rings. The third kappa shape index (κ3) is 3.16. The summed E-state index contributed by atoms with van der Waals surface area (Å²) in [4.78, 5) is 12.2. The fraction of sp³-hybridized carbons (Fsp3) is 0.375. The minimum atomic E-state index is 0.537. The SMILES string of the molecule is Cc1cccc2nc(-c3ccc(N4[C@@H](C)CC[C@@H]4C)nc3)n(Cc3ccn(C)n3)c12. The summed E-state index contributed by atoms with van der Waals surface area (Å²) in [6.45, 7) is 7.39. The zero-order valence-electron chi connectivity index (χ0n) is 18.1. The second-order valence-electron chi connectivity index (χ2n) is 8.53. The van der Waals surface area contributed by atoms with Gasteiger partial charge in [0.05, 0.1) is 23.3 Å². The molecule has 0 unspecified atom stereocenters. The predicted octanol–water partition coefficient (Wildman–Crippen LogP) is 4.57. The van der Waals surface area contributed by atoms with Gasteiger partial charge in [-0.3, -0.25) is 4.68 Å². The Morgan fingerprint density at radius 2 is 1.83 bits per heavy atom.